The predicted molar refractivity (Wildman–Crippen MR) is 64.8 cm³/mol. The molecule has 2 N–H and O–H groups in total. The molecule has 98 valence electrons. The van der Waals surface area contributed by atoms with Crippen molar-refractivity contribution in [1.29, 1.82) is 0 Å². The maximum atomic E-state index is 5.89. The van der Waals surface area contributed by atoms with Gasteiger partial charge in [0.15, 0.2) is 11.6 Å². The van der Waals surface area contributed by atoms with Gasteiger partial charge < -0.3 is 19.4 Å². The first-order valence-corrected chi connectivity index (χ1v) is 5.94. The lowest BCUT2D eigenvalue weighted by Gasteiger charge is -2.06. The molecule has 0 aliphatic carbocycles. The standard InChI is InChI=1S/C12H17N3O3/c1-3-6-16-7-9(13)11-14-12(18-15-11)10-5-4-8(2)17-10/h4-5,9H,3,6-7,13H2,1-2H3. The largest absolute Gasteiger partial charge is 0.456 e. The Labute approximate surface area is 105 Å². The Morgan fingerprint density at radius 3 is 2.94 bits per heavy atom. The van der Waals surface area contributed by atoms with Crippen molar-refractivity contribution in [2.45, 2.75) is 26.3 Å². The number of hydrogen-bond acceptors (Lipinski definition) is 6. The van der Waals surface area contributed by atoms with E-state index in [0.717, 1.165) is 12.2 Å². The summed E-state index contributed by atoms with van der Waals surface area (Å²) in [5.41, 5.74) is 5.89. The summed E-state index contributed by atoms with van der Waals surface area (Å²) in [4.78, 5) is 4.20. The molecule has 1 unspecified atom stereocenters. The van der Waals surface area contributed by atoms with Crippen molar-refractivity contribution in [3.63, 3.8) is 0 Å². The highest BCUT2D eigenvalue weighted by Crippen LogP contribution is 2.21. The van der Waals surface area contributed by atoms with Crippen molar-refractivity contribution in [3.8, 4) is 11.7 Å². The van der Waals surface area contributed by atoms with Crippen molar-refractivity contribution < 1.29 is 13.7 Å². The van der Waals surface area contributed by atoms with E-state index in [-0.39, 0.29) is 6.04 Å². The number of hydrogen-bond donors (Lipinski definition) is 1. The molecule has 1 atom stereocenters. The van der Waals surface area contributed by atoms with E-state index in [9.17, 15) is 0 Å². The third kappa shape index (κ3) is 2.96. The average Bonchev–Trinajstić information content (AvgIpc) is 2.97. The van der Waals surface area contributed by atoms with Crippen LogP contribution in [0.4, 0.5) is 0 Å². The van der Waals surface area contributed by atoms with Gasteiger partial charge in [-0.2, -0.15) is 4.98 Å². The van der Waals surface area contributed by atoms with Gasteiger partial charge in [-0.3, -0.25) is 0 Å². The van der Waals surface area contributed by atoms with Crippen LogP contribution in [-0.2, 0) is 4.74 Å². The van der Waals surface area contributed by atoms with Crippen molar-refractivity contribution in [2.24, 2.45) is 5.73 Å². The van der Waals surface area contributed by atoms with Crippen LogP contribution in [0.25, 0.3) is 11.7 Å². The van der Waals surface area contributed by atoms with Crippen molar-refractivity contribution in [1.82, 2.24) is 10.1 Å². The van der Waals surface area contributed by atoms with Gasteiger partial charge in [-0.15, -0.1) is 0 Å². The molecule has 6 heteroatoms. The lowest BCUT2D eigenvalue weighted by molar-refractivity contribution is 0.119. The molecule has 0 aliphatic rings. The molecular formula is C12H17N3O3. The molecule has 2 rings (SSSR count). The number of rotatable bonds is 6. The van der Waals surface area contributed by atoms with Gasteiger partial charge in [-0.05, 0) is 25.5 Å². The summed E-state index contributed by atoms with van der Waals surface area (Å²) < 4.78 is 15.8. The quantitative estimate of drug-likeness (QED) is 0.791. The molecule has 0 radical (unpaired) electrons. The van der Waals surface area contributed by atoms with Crippen LogP contribution < -0.4 is 5.73 Å². The number of aromatic nitrogens is 2. The molecule has 0 fully saturated rings. The van der Waals surface area contributed by atoms with Crippen LogP contribution in [0.15, 0.2) is 21.1 Å². The first-order chi connectivity index (χ1) is 8.70. The van der Waals surface area contributed by atoms with Gasteiger partial charge in [-0.1, -0.05) is 12.1 Å². The molecular weight excluding hydrogens is 234 g/mol. The van der Waals surface area contributed by atoms with Gasteiger partial charge in [-0.25, -0.2) is 0 Å². The summed E-state index contributed by atoms with van der Waals surface area (Å²) in [6.45, 7) is 4.95. The lowest BCUT2D eigenvalue weighted by Crippen LogP contribution is -2.18. The molecule has 6 nitrogen and oxygen atoms in total. The molecule has 0 amide bonds. The second-order valence-corrected chi connectivity index (χ2v) is 4.05. The summed E-state index contributed by atoms with van der Waals surface area (Å²) >= 11 is 0. The summed E-state index contributed by atoms with van der Waals surface area (Å²) in [6, 6.07) is 3.24. The predicted octanol–water partition coefficient (Wildman–Crippen LogP) is 2.06. The van der Waals surface area contributed by atoms with Gasteiger partial charge in [0.25, 0.3) is 5.89 Å². The molecule has 2 aromatic rings. The molecule has 0 spiro atoms. The van der Waals surface area contributed by atoms with Crippen LogP contribution in [0.1, 0.15) is 31.0 Å². The highest BCUT2D eigenvalue weighted by Gasteiger charge is 2.17. The molecule has 18 heavy (non-hydrogen) atoms. The van der Waals surface area contributed by atoms with Crippen molar-refractivity contribution >= 4 is 0 Å². The van der Waals surface area contributed by atoms with Crippen LogP contribution in [0.5, 0.6) is 0 Å². The minimum absolute atomic E-state index is 0.337. The number of aryl methyl sites for hydroxylation is 1. The van der Waals surface area contributed by atoms with E-state index in [1.807, 2.05) is 19.9 Å². The number of ether oxygens (including phenoxy) is 1. The Hall–Kier alpha value is -1.66. The van der Waals surface area contributed by atoms with E-state index in [1.54, 1.807) is 6.07 Å². The first kappa shape index (κ1) is 12.8. The molecule has 0 saturated heterocycles. The SMILES string of the molecule is CCCOCC(N)c1noc(-c2ccc(C)o2)n1. The number of furan rings is 1. The zero-order valence-corrected chi connectivity index (χ0v) is 10.5. The zero-order chi connectivity index (χ0) is 13.0. The van der Waals surface area contributed by atoms with Crippen LogP contribution in [0.2, 0.25) is 0 Å². The second-order valence-electron chi connectivity index (χ2n) is 4.05. The maximum absolute atomic E-state index is 5.89. The zero-order valence-electron chi connectivity index (χ0n) is 10.5. The minimum atomic E-state index is -0.384. The fourth-order valence-electron chi connectivity index (χ4n) is 1.46. The Morgan fingerprint density at radius 1 is 1.44 bits per heavy atom. The molecule has 0 bridgehead atoms. The third-order valence-corrected chi connectivity index (χ3v) is 2.37. The second kappa shape index (κ2) is 5.79. The topological polar surface area (TPSA) is 87.3 Å². The summed E-state index contributed by atoms with van der Waals surface area (Å²) in [7, 11) is 0. The van der Waals surface area contributed by atoms with E-state index in [2.05, 4.69) is 10.1 Å². The highest BCUT2D eigenvalue weighted by atomic mass is 16.5. The van der Waals surface area contributed by atoms with Crippen LogP contribution in [-0.4, -0.2) is 23.4 Å². The fourth-order valence-corrected chi connectivity index (χ4v) is 1.46. The normalized spacial score (nSPS) is 12.8. The van der Waals surface area contributed by atoms with E-state index < -0.39 is 0 Å². The van der Waals surface area contributed by atoms with Crippen molar-refractivity contribution in [2.75, 3.05) is 13.2 Å². The fraction of sp³-hybridized carbons (Fsp3) is 0.500. The van der Waals surface area contributed by atoms with Gasteiger partial charge >= 0.3 is 0 Å². The number of nitrogens with zero attached hydrogens (tertiary/aromatic N) is 2. The minimum Gasteiger partial charge on any atom is -0.456 e. The van der Waals surface area contributed by atoms with Crippen LogP contribution in [0, 0.1) is 6.92 Å². The maximum Gasteiger partial charge on any atom is 0.293 e. The molecule has 2 heterocycles. The molecule has 0 aromatic carbocycles. The highest BCUT2D eigenvalue weighted by molar-refractivity contribution is 5.44. The molecule has 0 aliphatic heterocycles. The summed E-state index contributed by atoms with van der Waals surface area (Å²) in [5.74, 6) is 2.10. The van der Waals surface area contributed by atoms with E-state index in [0.29, 0.717) is 30.7 Å². The van der Waals surface area contributed by atoms with E-state index >= 15 is 0 Å². The Morgan fingerprint density at radius 2 is 2.28 bits per heavy atom. The van der Waals surface area contributed by atoms with Gasteiger partial charge in [0, 0.05) is 6.61 Å². The third-order valence-electron chi connectivity index (χ3n) is 2.37. The molecule has 0 saturated carbocycles. The van der Waals surface area contributed by atoms with Crippen LogP contribution >= 0.6 is 0 Å². The smallest absolute Gasteiger partial charge is 0.293 e. The average molecular weight is 251 g/mol. The van der Waals surface area contributed by atoms with Crippen molar-refractivity contribution in [3.05, 3.63) is 23.7 Å². The Balaban J connectivity index is 2.01. The van der Waals surface area contributed by atoms with Gasteiger partial charge in [0.05, 0.1) is 12.6 Å². The monoisotopic (exact) mass is 251 g/mol. The van der Waals surface area contributed by atoms with E-state index in [1.165, 1.54) is 0 Å². The molecule has 2 aromatic heterocycles. The summed E-state index contributed by atoms with van der Waals surface area (Å²) in [6.07, 6.45) is 0.954. The van der Waals surface area contributed by atoms with Gasteiger partial charge in [0.2, 0.25) is 0 Å². The Bertz CT molecular complexity index is 492. The summed E-state index contributed by atoms with van der Waals surface area (Å²) in [5, 5.41) is 3.83. The van der Waals surface area contributed by atoms with Crippen LogP contribution in [0.3, 0.4) is 0 Å². The van der Waals surface area contributed by atoms with E-state index in [4.69, 9.17) is 19.4 Å². The Kier molecular flexibility index (Phi) is 4.11. The lowest BCUT2D eigenvalue weighted by atomic mass is 10.3. The number of nitrogens with two attached hydrogens (primary N) is 1. The van der Waals surface area contributed by atoms with Gasteiger partial charge in [0.1, 0.15) is 5.76 Å². The first-order valence-electron chi connectivity index (χ1n) is 5.94.